The Hall–Kier alpha value is -2.61. The number of amides is 1. The number of carbonyl (C=O) groups is 1. The minimum absolute atomic E-state index is 0.0289. The van der Waals surface area contributed by atoms with Crippen molar-refractivity contribution in [2.75, 3.05) is 0 Å². The third kappa shape index (κ3) is 2.86. The first-order chi connectivity index (χ1) is 10.6. The molecule has 0 saturated carbocycles. The van der Waals surface area contributed by atoms with Crippen LogP contribution in [-0.4, -0.2) is 5.91 Å². The Morgan fingerprint density at radius 1 is 0.909 bits per heavy atom. The summed E-state index contributed by atoms with van der Waals surface area (Å²) < 4.78 is 0. The van der Waals surface area contributed by atoms with Crippen molar-refractivity contribution in [2.24, 2.45) is 0 Å². The number of nitrogens with one attached hydrogen (secondary N) is 1. The van der Waals surface area contributed by atoms with Crippen LogP contribution in [0.2, 0.25) is 0 Å². The summed E-state index contributed by atoms with van der Waals surface area (Å²) in [5, 5.41) is 5.48. The van der Waals surface area contributed by atoms with Gasteiger partial charge in [-0.05, 0) is 47.9 Å². The van der Waals surface area contributed by atoms with Crippen LogP contribution in [-0.2, 0) is 0 Å². The van der Waals surface area contributed by atoms with Gasteiger partial charge >= 0.3 is 0 Å². The van der Waals surface area contributed by atoms with Crippen molar-refractivity contribution in [3.63, 3.8) is 0 Å². The van der Waals surface area contributed by atoms with Gasteiger partial charge in [0.2, 0.25) is 0 Å². The van der Waals surface area contributed by atoms with Gasteiger partial charge in [0.05, 0.1) is 6.04 Å². The van der Waals surface area contributed by atoms with E-state index in [1.165, 1.54) is 10.8 Å². The Morgan fingerprint density at radius 2 is 1.59 bits per heavy atom. The van der Waals surface area contributed by atoms with Crippen molar-refractivity contribution in [1.29, 1.82) is 0 Å². The monoisotopic (exact) mass is 289 g/mol. The predicted molar refractivity (Wildman–Crippen MR) is 91.0 cm³/mol. The van der Waals surface area contributed by atoms with Crippen LogP contribution in [0.5, 0.6) is 0 Å². The molecule has 1 N–H and O–H groups in total. The maximum atomic E-state index is 12.4. The Balaban J connectivity index is 1.82. The molecule has 3 aromatic carbocycles. The fourth-order valence-corrected chi connectivity index (χ4v) is 2.66. The molecule has 0 aliphatic carbocycles. The summed E-state index contributed by atoms with van der Waals surface area (Å²) in [6, 6.07) is 22.2. The number of carbonyl (C=O) groups excluding carboxylic acids is 1. The Morgan fingerprint density at radius 3 is 2.36 bits per heavy atom. The smallest absolute Gasteiger partial charge is 0.252 e. The molecule has 3 rings (SSSR count). The van der Waals surface area contributed by atoms with E-state index in [0.717, 1.165) is 16.7 Å². The number of fused-ring (bicyclic) bond motifs is 1. The van der Waals surface area contributed by atoms with Crippen molar-refractivity contribution in [2.45, 2.75) is 19.9 Å². The minimum atomic E-state index is -0.0308. The molecule has 1 amide bonds. The number of aryl methyl sites for hydroxylation is 1. The fraction of sp³-hybridized carbons (Fsp3) is 0.150. The highest BCUT2D eigenvalue weighted by Gasteiger charge is 2.13. The Kier molecular flexibility index (Phi) is 3.92. The van der Waals surface area contributed by atoms with Crippen LogP contribution in [0.15, 0.2) is 66.7 Å². The quantitative estimate of drug-likeness (QED) is 0.747. The fourth-order valence-electron chi connectivity index (χ4n) is 2.66. The number of hydrogen-bond acceptors (Lipinski definition) is 1. The highest BCUT2D eigenvalue weighted by Crippen LogP contribution is 2.20. The number of rotatable bonds is 3. The summed E-state index contributed by atoms with van der Waals surface area (Å²) in [6.45, 7) is 3.97. The average Bonchev–Trinajstić information content (AvgIpc) is 2.54. The molecule has 0 bridgehead atoms. The standard InChI is InChI=1S/C20H19NO/c1-14-7-3-6-10-19(14)20(22)21-15(2)17-12-11-16-8-4-5-9-18(16)13-17/h3-13,15H,1-2H3,(H,21,22). The normalized spacial score (nSPS) is 12.1. The molecular weight excluding hydrogens is 270 g/mol. The number of benzene rings is 3. The lowest BCUT2D eigenvalue weighted by atomic mass is 10.0. The van der Waals surface area contributed by atoms with E-state index in [4.69, 9.17) is 0 Å². The largest absolute Gasteiger partial charge is 0.346 e. The average molecular weight is 289 g/mol. The highest BCUT2D eigenvalue weighted by molar-refractivity contribution is 5.95. The molecule has 1 unspecified atom stereocenters. The van der Waals surface area contributed by atoms with E-state index in [-0.39, 0.29) is 11.9 Å². The van der Waals surface area contributed by atoms with Gasteiger partial charge in [0, 0.05) is 5.56 Å². The third-order valence-electron chi connectivity index (χ3n) is 4.01. The molecule has 0 radical (unpaired) electrons. The molecule has 0 fully saturated rings. The van der Waals surface area contributed by atoms with Gasteiger partial charge in [-0.2, -0.15) is 0 Å². The van der Waals surface area contributed by atoms with Crippen LogP contribution in [0.1, 0.15) is 34.5 Å². The Labute approximate surface area is 130 Å². The molecule has 3 aromatic rings. The topological polar surface area (TPSA) is 29.1 Å². The molecule has 0 aliphatic rings. The zero-order chi connectivity index (χ0) is 15.5. The maximum Gasteiger partial charge on any atom is 0.252 e. The van der Waals surface area contributed by atoms with Gasteiger partial charge in [-0.15, -0.1) is 0 Å². The molecule has 110 valence electrons. The summed E-state index contributed by atoms with van der Waals surface area (Å²) in [7, 11) is 0. The molecule has 2 heteroatoms. The van der Waals surface area contributed by atoms with E-state index >= 15 is 0 Å². The lowest BCUT2D eigenvalue weighted by molar-refractivity contribution is 0.0939. The van der Waals surface area contributed by atoms with Crippen molar-refractivity contribution in [3.05, 3.63) is 83.4 Å². The molecule has 1 atom stereocenters. The van der Waals surface area contributed by atoms with E-state index < -0.39 is 0 Å². The van der Waals surface area contributed by atoms with E-state index in [1.807, 2.05) is 50.2 Å². The summed E-state index contributed by atoms with van der Waals surface area (Å²) in [4.78, 5) is 12.4. The zero-order valence-electron chi connectivity index (χ0n) is 12.8. The Bertz CT molecular complexity index is 823. The van der Waals surface area contributed by atoms with E-state index in [1.54, 1.807) is 0 Å². The van der Waals surface area contributed by atoms with Crippen LogP contribution < -0.4 is 5.32 Å². The SMILES string of the molecule is Cc1ccccc1C(=O)NC(C)c1ccc2ccccc2c1. The molecule has 22 heavy (non-hydrogen) atoms. The van der Waals surface area contributed by atoms with E-state index in [0.29, 0.717) is 0 Å². The van der Waals surface area contributed by atoms with Crippen molar-refractivity contribution >= 4 is 16.7 Å². The molecule has 0 spiro atoms. The van der Waals surface area contributed by atoms with Gasteiger partial charge in [-0.25, -0.2) is 0 Å². The van der Waals surface area contributed by atoms with E-state index in [2.05, 4.69) is 35.6 Å². The molecule has 0 saturated heterocycles. The summed E-state index contributed by atoms with van der Waals surface area (Å²) in [5.41, 5.74) is 2.83. The summed E-state index contributed by atoms with van der Waals surface area (Å²) in [6.07, 6.45) is 0. The zero-order valence-corrected chi connectivity index (χ0v) is 12.8. The van der Waals surface area contributed by atoms with Crippen LogP contribution in [0.3, 0.4) is 0 Å². The molecule has 0 aromatic heterocycles. The minimum Gasteiger partial charge on any atom is -0.346 e. The third-order valence-corrected chi connectivity index (χ3v) is 4.01. The van der Waals surface area contributed by atoms with E-state index in [9.17, 15) is 4.79 Å². The second-order valence-electron chi connectivity index (χ2n) is 5.62. The van der Waals surface area contributed by atoms with Gasteiger partial charge in [-0.1, -0.05) is 54.6 Å². The van der Waals surface area contributed by atoms with Crippen molar-refractivity contribution < 1.29 is 4.79 Å². The van der Waals surface area contributed by atoms with Crippen LogP contribution in [0, 0.1) is 6.92 Å². The van der Waals surface area contributed by atoms with Crippen molar-refractivity contribution in [3.8, 4) is 0 Å². The number of hydrogen-bond donors (Lipinski definition) is 1. The van der Waals surface area contributed by atoms with Crippen molar-refractivity contribution in [1.82, 2.24) is 5.32 Å². The van der Waals surface area contributed by atoms with Crippen LogP contribution in [0.25, 0.3) is 10.8 Å². The summed E-state index contributed by atoms with van der Waals surface area (Å²) in [5.74, 6) is -0.0289. The lowest BCUT2D eigenvalue weighted by Crippen LogP contribution is -2.27. The predicted octanol–water partition coefficient (Wildman–Crippen LogP) is 4.64. The molecule has 0 aliphatic heterocycles. The van der Waals surface area contributed by atoms with Crippen LogP contribution >= 0.6 is 0 Å². The molecule has 2 nitrogen and oxygen atoms in total. The second-order valence-corrected chi connectivity index (χ2v) is 5.62. The van der Waals surface area contributed by atoms with Gasteiger partial charge in [0.1, 0.15) is 0 Å². The first kappa shape index (κ1) is 14.3. The van der Waals surface area contributed by atoms with Gasteiger partial charge < -0.3 is 5.32 Å². The lowest BCUT2D eigenvalue weighted by Gasteiger charge is -2.16. The van der Waals surface area contributed by atoms with Gasteiger partial charge in [0.15, 0.2) is 0 Å². The molecule has 0 heterocycles. The first-order valence-electron chi connectivity index (χ1n) is 7.50. The van der Waals surface area contributed by atoms with Crippen LogP contribution in [0.4, 0.5) is 0 Å². The van der Waals surface area contributed by atoms with Gasteiger partial charge in [0.25, 0.3) is 5.91 Å². The highest BCUT2D eigenvalue weighted by atomic mass is 16.1. The molecular formula is C20H19NO. The van der Waals surface area contributed by atoms with Gasteiger partial charge in [-0.3, -0.25) is 4.79 Å². The first-order valence-corrected chi connectivity index (χ1v) is 7.50. The summed E-state index contributed by atoms with van der Waals surface area (Å²) >= 11 is 0. The maximum absolute atomic E-state index is 12.4. The second kappa shape index (κ2) is 6.02.